The van der Waals surface area contributed by atoms with E-state index in [1.165, 1.54) is 5.56 Å². The average Bonchev–Trinajstić information content (AvgIpc) is 2.82. The molecule has 0 aliphatic rings. The van der Waals surface area contributed by atoms with Crippen LogP contribution in [0.4, 0.5) is 0 Å². The summed E-state index contributed by atoms with van der Waals surface area (Å²) >= 11 is 3.64. The number of halogens is 1. The summed E-state index contributed by atoms with van der Waals surface area (Å²) in [5, 5.41) is 5.62. The molecule has 0 saturated carbocycles. The third kappa shape index (κ3) is 2.49. The maximum absolute atomic E-state index is 5.85. The second kappa shape index (κ2) is 5.38. The SMILES string of the molecule is CC(N)Cc1ccc(-n2ncc3ccccc32)c(Br)c1. The maximum atomic E-state index is 5.85. The van der Waals surface area contributed by atoms with Crippen LogP contribution in [0.5, 0.6) is 0 Å². The zero-order valence-electron chi connectivity index (χ0n) is 11.3. The molecule has 0 amide bonds. The van der Waals surface area contributed by atoms with Gasteiger partial charge in [0.25, 0.3) is 0 Å². The van der Waals surface area contributed by atoms with Gasteiger partial charge >= 0.3 is 0 Å². The number of fused-ring (bicyclic) bond motifs is 1. The molecular formula is C16H16BrN3. The quantitative estimate of drug-likeness (QED) is 0.796. The summed E-state index contributed by atoms with van der Waals surface area (Å²) < 4.78 is 2.99. The van der Waals surface area contributed by atoms with E-state index in [4.69, 9.17) is 5.73 Å². The first kappa shape index (κ1) is 13.3. The molecule has 1 aromatic heterocycles. The molecule has 0 radical (unpaired) electrons. The molecule has 1 unspecified atom stereocenters. The van der Waals surface area contributed by atoms with Crippen molar-refractivity contribution in [3.8, 4) is 5.69 Å². The van der Waals surface area contributed by atoms with E-state index in [1.807, 2.05) is 29.9 Å². The Morgan fingerprint density at radius 2 is 2.05 bits per heavy atom. The summed E-state index contributed by atoms with van der Waals surface area (Å²) in [6, 6.07) is 14.7. The molecule has 4 heteroatoms. The summed E-state index contributed by atoms with van der Waals surface area (Å²) in [5.41, 5.74) is 9.22. The zero-order valence-corrected chi connectivity index (χ0v) is 12.8. The van der Waals surface area contributed by atoms with Gasteiger partial charge in [-0.05, 0) is 53.0 Å². The van der Waals surface area contributed by atoms with Crippen molar-refractivity contribution in [3.05, 3.63) is 58.7 Å². The molecule has 0 aliphatic carbocycles. The normalized spacial score (nSPS) is 12.8. The van der Waals surface area contributed by atoms with Gasteiger partial charge in [0.2, 0.25) is 0 Å². The molecule has 1 heterocycles. The highest BCUT2D eigenvalue weighted by molar-refractivity contribution is 9.10. The summed E-state index contributed by atoms with van der Waals surface area (Å²) in [6.07, 6.45) is 2.76. The summed E-state index contributed by atoms with van der Waals surface area (Å²) in [6.45, 7) is 2.02. The molecule has 20 heavy (non-hydrogen) atoms. The predicted octanol–water partition coefficient (Wildman–Crippen LogP) is 3.68. The first-order valence-electron chi connectivity index (χ1n) is 6.62. The van der Waals surface area contributed by atoms with Crippen LogP contribution in [0, 0.1) is 0 Å². The highest BCUT2D eigenvalue weighted by Crippen LogP contribution is 2.26. The molecule has 0 spiro atoms. The van der Waals surface area contributed by atoms with Crippen LogP contribution in [0.25, 0.3) is 16.6 Å². The van der Waals surface area contributed by atoms with Gasteiger partial charge in [-0.25, -0.2) is 4.68 Å². The molecule has 0 aliphatic heterocycles. The fraction of sp³-hybridized carbons (Fsp3) is 0.188. The lowest BCUT2D eigenvalue weighted by atomic mass is 10.1. The van der Waals surface area contributed by atoms with E-state index in [0.717, 1.165) is 27.5 Å². The summed E-state index contributed by atoms with van der Waals surface area (Å²) in [5.74, 6) is 0. The van der Waals surface area contributed by atoms with Gasteiger partial charge in [-0.2, -0.15) is 5.10 Å². The van der Waals surface area contributed by atoms with E-state index in [0.29, 0.717) is 0 Å². The number of nitrogens with two attached hydrogens (primary N) is 1. The number of rotatable bonds is 3. The number of para-hydroxylation sites is 1. The van der Waals surface area contributed by atoms with Crippen LogP contribution in [-0.4, -0.2) is 15.8 Å². The molecule has 0 bridgehead atoms. The number of hydrogen-bond donors (Lipinski definition) is 1. The van der Waals surface area contributed by atoms with Crippen molar-refractivity contribution in [2.45, 2.75) is 19.4 Å². The molecule has 0 fully saturated rings. The van der Waals surface area contributed by atoms with Crippen LogP contribution in [-0.2, 0) is 6.42 Å². The lowest BCUT2D eigenvalue weighted by Crippen LogP contribution is -2.17. The van der Waals surface area contributed by atoms with Crippen LogP contribution in [0.1, 0.15) is 12.5 Å². The third-order valence-electron chi connectivity index (χ3n) is 3.28. The zero-order chi connectivity index (χ0) is 14.1. The van der Waals surface area contributed by atoms with Gasteiger partial charge in [0.1, 0.15) is 0 Å². The second-order valence-electron chi connectivity index (χ2n) is 5.08. The van der Waals surface area contributed by atoms with Gasteiger partial charge in [0.15, 0.2) is 0 Å². The van der Waals surface area contributed by atoms with Gasteiger partial charge in [-0.15, -0.1) is 0 Å². The van der Waals surface area contributed by atoms with Crippen LogP contribution < -0.4 is 5.73 Å². The van der Waals surface area contributed by atoms with E-state index in [-0.39, 0.29) is 6.04 Å². The van der Waals surface area contributed by atoms with Crippen molar-refractivity contribution >= 4 is 26.8 Å². The Morgan fingerprint density at radius 1 is 1.25 bits per heavy atom. The van der Waals surface area contributed by atoms with Crippen molar-refractivity contribution < 1.29 is 0 Å². The van der Waals surface area contributed by atoms with E-state index >= 15 is 0 Å². The third-order valence-corrected chi connectivity index (χ3v) is 3.91. The van der Waals surface area contributed by atoms with Gasteiger partial charge in [-0.1, -0.05) is 24.3 Å². The fourth-order valence-corrected chi connectivity index (χ4v) is 2.98. The average molecular weight is 330 g/mol. The Kier molecular flexibility index (Phi) is 3.59. The first-order chi connectivity index (χ1) is 9.65. The van der Waals surface area contributed by atoms with Crippen LogP contribution >= 0.6 is 15.9 Å². The Labute approximate surface area is 126 Å². The van der Waals surface area contributed by atoms with Crippen LogP contribution in [0.15, 0.2) is 53.1 Å². The first-order valence-corrected chi connectivity index (χ1v) is 7.41. The highest BCUT2D eigenvalue weighted by Gasteiger charge is 2.09. The maximum Gasteiger partial charge on any atom is 0.0795 e. The van der Waals surface area contributed by atoms with Gasteiger partial charge in [-0.3, -0.25) is 0 Å². The van der Waals surface area contributed by atoms with E-state index < -0.39 is 0 Å². The van der Waals surface area contributed by atoms with Crippen molar-refractivity contribution in [1.82, 2.24) is 9.78 Å². The number of benzene rings is 2. The van der Waals surface area contributed by atoms with E-state index in [2.05, 4.69) is 51.4 Å². The summed E-state index contributed by atoms with van der Waals surface area (Å²) in [7, 11) is 0. The molecule has 0 saturated heterocycles. The topological polar surface area (TPSA) is 43.8 Å². The lowest BCUT2D eigenvalue weighted by Gasteiger charge is -2.10. The van der Waals surface area contributed by atoms with Crippen molar-refractivity contribution in [2.24, 2.45) is 5.73 Å². The standard InChI is InChI=1S/C16H16BrN3/c1-11(18)8-12-6-7-16(14(17)9-12)20-15-5-3-2-4-13(15)10-19-20/h2-7,9-11H,8,18H2,1H3. The van der Waals surface area contributed by atoms with Crippen molar-refractivity contribution in [3.63, 3.8) is 0 Å². The largest absolute Gasteiger partial charge is 0.328 e. The predicted molar refractivity (Wildman–Crippen MR) is 86.1 cm³/mol. The smallest absolute Gasteiger partial charge is 0.0795 e. The molecule has 3 rings (SSSR count). The van der Waals surface area contributed by atoms with Gasteiger partial charge in [0.05, 0.1) is 17.4 Å². The molecule has 102 valence electrons. The Hall–Kier alpha value is -1.65. The van der Waals surface area contributed by atoms with Crippen molar-refractivity contribution in [1.29, 1.82) is 0 Å². The number of nitrogens with zero attached hydrogens (tertiary/aromatic N) is 2. The minimum atomic E-state index is 0.165. The minimum absolute atomic E-state index is 0.165. The second-order valence-corrected chi connectivity index (χ2v) is 5.94. The Balaban J connectivity index is 2.06. The molecule has 2 aromatic carbocycles. The number of aromatic nitrogens is 2. The molecule has 2 N–H and O–H groups in total. The molecule has 3 nitrogen and oxygen atoms in total. The molecule has 3 aromatic rings. The highest BCUT2D eigenvalue weighted by atomic mass is 79.9. The number of hydrogen-bond acceptors (Lipinski definition) is 2. The lowest BCUT2D eigenvalue weighted by molar-refractivity contribution is 0.737. The monoisotopic (exact) mass is 329 g/mol. The molecule has 1 atom stereocenters. The fourth-order valence-electron chi connectivity index (χ4n) is 2.38. The Bertz CT molecular complexity index is 746. The minimum Gasteiger partial charge on any atom is -0.328 e. The van der Waals surface area contributed by atoms with Crippen LogP contribution in [0.2, 0.25) is 0 Å². The molecular weight excluding hydrogens is 314 g/mol. The van der Waals surface area contributed by atoms with Gasteiger partial charge in [0, 0.05) is 15.9 Å². The van der Waals surface area contributed by atoms with E-state index in [1.54, 1.807) is 0 Å². The van der Waals surface area contributed by atoms with Gasteiger partial charge < -0.3 is 5.73 Å². The Morgan fingerprint density at radius 3 is 2.80 bits per heavy atom. The van der Waals surface area contributed by atoms with Crippen LogP contribution in [0.3, 0.4) is 0 Å². The summed E-state index contributed by atoms with van der Waals surface area (Å²) in [4.78, 5) is 0. The van der Waals surface area contributed by atoms with Crippen molar-refractivity contribution in [2.75, 3.05) is 0 Å². The van der Waals surface area contributed by atoms with E-state index in [9.17, 15) is 0 Å².